The highest BCUT2D eigenvalue weighted by atomic mass is 32.2. The van der Waals surface area contributed by atoms with Crippen LogP contribution in [0.3, 0.4) is 0 Å². The maximum absolute atomic E-state index is 12.5. The number of hydrogen-bond donors (Lipinski definition) is 1. The van der Waals surface area contributed by atoms with Crippen LogP contribution in [0.15, 0.2) is 29.3 Å². The average Bonchev–Trinajstić information content (AvgIpc) is 3.16. The van der Waals surface area contributed by atoms with Crippen molar-refractivity contribution in [3.05, 3.63) is 29.8 Å². The fourth-order valence-electron chi connectivity index (χ4n) is 3.69. The standard InChI is InChI=1S/C22H31N3O6S2/c1-22(2,3)31-21(27)23-11-9-19(26)24-20-25(17-13-33(28,29)14-18(17)32-20)12-10-15-5-7-16(30-4)8-6-15/h5-8,17-18H,9-14H2,1-4H3,(H,23,27). The van der Waals surface area contributed by atoms with Crippen molar-refractivity contribution in [1.29, 1.82) is 0 Å². The Labute approximate surface area is 199 Å². The lowest BCUT2D eigenvalue weighted by Crippen LogP contribution is -2.39. The summed E-state index contributed by atoms with van der Waals surface area (Å²) in [6, 6.07) is 7.51. The fraction of sp³-hybridized carbons (Fsp3) is 0.591. The highest BCUT2D eigenvalue weighted by Gasteiger charge is 2.48. The van der Waals surface area contributed by atoms with Crippen molar-refractivity contribution in [2.45, 2.75) is 50.5 Å². The number of alkyl carbamates (subject to hydrolysis) is 1. The zero-order chi connectivity index (χ0) is 24.2. The third-order valence-electron chi connectivity index (χ3n) is 5.20. The van der Waals surface area contributed by atoms with Gasteiger partial charge in [-0.05, 0) is 44.9 Å². The number of aliphatic imine (C=N–C) groups is 1. The number of rotatable bonds is 7. The van der Waals surface area contributed by atoms with Crippen LogP contribution in [0.2, 0.25) is 0 Å². The van der Waals surface area contributed by atoms with Crippen molar-refractivity contribution < 1.29 is 27.5 Å². The molecule has 0 spiro atoms. The van der Waals surface area contributed by atoms with Crippen LogP contribution in [0.4, 0.5) is 4.79 Å². The van der Waals surface area contributed by atoms with Crippen molar-refractivity contribution in [3.63, 3.8) is 0 Å². The summed E-state index contributed by atoms with van der Waals surface area (Å²) in [5.74, 6) is 0.561. The largest absolute Gasteiger partial charge is 0.497 e. The van der Waals surface area contributed by atoms with Crippen LogP contribution in [0, 0.1) is 0 Å². The number of fused-ring (bicyclic) bond motifs is 1. The lowest BCUT2D eigenvalue weighted by molar-refractivity contribution is -0.117. The lowest BCUT2D eigenvalue weighted by Gasteiger charge is -2.24. The molecule has 182 valence electrons. The van der Waals surface area contributed by atoms with E-state index in [2.05, 4.69) is 10.3 Å². The Morgan fingerprint density at radius 2 is 1.91 bits per heavy atom. The van der Waals surface area contributed by atoms with Gasteiger partial charge >= 0.3 is 6.09 Å². The number of methoxy groups -OCH3 is 1. The molecule has 1 aromatic rings. The second-order valence-electron chi connectivity index (χ2n) is 9.06. The summed E-state index contributed by atoms with van der Waals surface area (Å²) in [6.07, 6.45) is 0.129. The van der Waals surface area contributed by atoms with E-state index in [4.69, 9.17) is 9.47 Å². The molecular formula is C22H31N3O6S2. The summed E-state index contributed by atoms with van der Waals surface area (Å²) < 4.78 is 34.7. The van der Waals surface area contributed by atoms with Crippen LogP contribution in [-0.4, -0.2) is 79.1 Å². The second kappa shape index (κ2) is 10.3. The summed E-state index contributed by atoms with van der Waals surface area (Å²) in [6.45, 7) is 5.95. The van der Waals surface area contributed by atoms with E-state index in [0.717, 1.165) is 11.3 Å². The molecule has 2 fully saturated rings. The highest BCUT2D eigenvalue weighted by molar-refractivity contribution is 8.15. The number of amides is 2. The summed E-state index contributed by atoms with van der Waals surface area (Å²) >= 11 is 1.35. The molecular weight excluding hydrogens is 466 g/mol. The van der Waals surface area contributed by atoms with Crippen molar-refractivity contribution in [3.8, 4) is 5.75 Å². The molecule has 33 heavy (non-hydrogen) atoms. The van der Waals surface area contributed by atoms with Gasteiger partial charge in [0.05, 0.1) is 24.7 Å². The van der Waals surface area contributed by atoms with Crippen LogP contribution < -0.4 is 10.1 Å². The number of nitrogens with zero attached hydrogens (tertiary/aromatic N) is 2. The number of hydrogen-bond acceptors (Lipinski definition) is 7. The molecule has 0 aliphatic carbocycles. The van der Waals surface area contributed by atoms with Gasteiger partial charge in [-0.15, -0.1) is 0 Å². The van der Waals surface area contributed by atoms with Gasteiger partial charge in [0.25, 0.3) is 0 Å². The van der Waals surface area contributed by atoms with Crippen LogP contribution in [0.5, 0.6) is 5.75 Å². The van der Waals surface area contributed by atoms with E-state index in [0.29, 0.717) is 18.1 Å². The van der Waals surface area contributed by atoms with Gasteiger partial charge < -0.3 is 19.7 Å². The number of amidine groups is 1. The van der Waals surface area contributed by atoms with Gasteiger partial charge in [0.2, 0.25) is 5.91 Å². The van der Waals surface area contributed by atoms with Crippen LogP contribution in [0.25, 0.3) is 0 Å². The normalized spacial score (nSPS) is 22.8. The van der Waals surface area contributed by atoms with E-state index in [1.54, 1.807) is 27.9 Å². The van der Waals surface area contributed by atoms with Crippen LogP contribution >= 0.6 is 11.8 Å². The van der Waals surface area contributed by atoms with Gasteiger partial charge in [0.15, 0.2) is 15.0 Å². The molecule has 2 amide bonds. The van der Waals surface area contributed by atoms with Gasteiger partial charge in [0.1, 0.15) is 11.4 Å². The van der Waals surface area contributed by atoms with Gasteiger partial charge in [0, 0.05) is 24.8 Å². The quantitative estimate of drug-likeness (QED) is 0.610. The molecule has 2 heterocycles. The summed E-state index contributed by atoms with van der Waals surface area (Å²) in [5, 5.41) is 2.98. The molecule has 1 N–H and O–H groups in total. The van der Waals surface area contributed by atoms with E-state index < -0.39 is 21.5 Å². The summed E-state index contributed by atoms with van der Waals surface area (Å²) in [7, 11) is -1.49. The van der Waals surface area contributed by atoms with Gasteiger partial charge in [-0.2, -0.15) is 4.99 Å². The van der Waals surface area contributed by atoms with Crippen molar-refractivity contribution in [1.82, 2.24) is 10.2 Å². The first-order valence-electron chi connectivity index (χ1n) is 10.8. The van der Waals surface area contributed by atoms with Gasteiger partial charge in [-0.25, -0.2) is 13.2 Å². The first-order chi connectivity index (χ1) is 15.5. The van der Waals surface area contributed by atoms with E-state index in [-0.39, 0.29) is 41.7 Å². The molecule has 3 rings (SSSR count). The third kappa shape index (κ3) is 7.36. The molecule has 0 aromatic heterocycles. The average molecular weight is 498 g/mol. The molecule has 2 aliphatic rings. The molecule has 9 nitrogen and oxygen atoms in total. The Morgan fingerprint density at radius 1 is 1.21 bits per heavy atom. The maximum atomic E-state index is 12.5. The number of nitrogens with one attached hydrogen (secondary N) is 1. The number of carbonyl (C=O) groups is 2. The molecule has 1 aromatic carbocycles. The zero-order valence-electron chi connectivity index (χ0n) is 19.4. The number of benzene rings is 1. The molecule has 0 saturated carbocycles. The van der Waals surface area contributed by atoms with Crippen LogP contribution in [-0.2, 0) is 25.8 Å². The lowest BCUT2D eigenvalue weighted by atomic mass is 10.1. The van der Waals surface area contributed by atoms with E-state index in [9.17, 15) is 18.0 Å². The van der Waals surface area contributed by atoms with E-state index >= 15 is 0 Å². The molecule has 11 heteroatoms. The fourth-order valence-corrected chi connectivity index (χ4v) is 7.68. The zero-order valence-corrected chi connectivity index (χ0v) is 21.0. The number of carbonyl (C=O) groups excluding carboxylic acids is 2. The summed E-state index contributed by atoms with van der Waals surface area (Å²) in [5.41, 5.74) is 0.467. The molecule has 2 unspecified atom stereocenters. The molecule has 2 aliphatic heterocycles. The molecule has 2 atom stereocenters. The molecule has 2 saturated heterocycles. The van der Waals surface area contributed by atoms with Crippen molar-refractivity contribution in [2.75, 3.05) is 31.7 Å². The monoisotopic (exact) mass is 497 g/mol. The van der Waals surface area contributed by atoms with Crippen LogP contribution in [0.1, 0.15) is 32.8 Å². The highest BCUT2D eigenvalue weighted by Crippen LogP contribution is 2.38. The minimum absolute atomic E-state index is 0.0310. The summed E-state index contributed by atoms with van der Waals surface area (Å²) in [4.78, 5) is 30.4. The predicted octanol–water partition coefficient (Wildman–Crippen LogP) is 2.25. The Balaban J connectivity index is 1.62. The topological polar surface area (TPSA) is 114 Å². The maximum Gasteiger partial charge on any atom is 0.407 e. The Kier molecular flexibility index (Phi) is 7.94. The molecule has 0 bridgehead atoms. The van der Waals surface area contributed by atoms with Gasteiger partial charge in [-0.3, -0.25) is 4.79 Å². The SMILES string of the molecule is COc1ccc(CCN2C(=NC(=O)CCNC(=O)OC(C)(C)C)SC3CS(=O)(=O)CC32)cc1. The Bertz CT molecular complexity index is 1000. The number of sulfone groups is 1. The number of thioether (sulfide) groups is 1. The molecule has 0 radical (unpaired) electrons. The minimum Gasteiger partial charge on any atom is -0.497 e. The third-order valence-corrected chi connectivity index (χ3v) is 8.45. The van der Waals surface area contributed by atoms with Crippen molar-refractivity contribution in [2.24, 2.45) is 4.99 Å². The Hall–Kier alpha value is -2.27. The predicted molar refractivity (Wildman–Crippen MR) is 129 cm³/mol. The minimum atomic E-state index is -3.10. The first kappa shape index (κ1) is 25.4. The van der Waals surface area contributed by atoms with E-state index in [1.165, 1.54) is 11.8 Å². The first-order valence-corrected chi connectivity index (χ1v) is 13.5. The smallest absolute Gasteiger partial charge is 0.407 e. The van der Waals surface area contributed by atoms with Gasteiger partial charge in [-0.1, -0.05) is 23.9 Å². The second-order valence-corrected chi connectivity index (χ2v) is 12.4. The Morgan fingerprint density at radius 3 is 2.55 bits per heavy atom. The van der Waals surface area contributed by atoms with E-state index in [1.807, 2.05) is 29.2 Å². The number of ether oxygens (including phenoxy) is 2. The van der Waals surface area contributed by atoms with Crippen molar-refractivity contribution >= 4 is 38.8 Å².